The smallest absolute Gasteiger partial charge is 0.242 e. The molecule has 1 heterocycles. The Balaban J connectivity index is 2.24. The Morgan fingerprint density at radius 1 is 1.29 bits per heavy atom. The average molecular weight is 346 g/mol. The van der Waals surface area contributed by atoms with Gasteiger partial charge in [-0.25, -0.2) is 12.7 Å². The molecule has 8 heteroatoms. The fourth-order valence-electron chi connectivity index (χ4n) is 1.69. The highest BCUT2D eigenvalue weighted by Crippen LogP contribution is 2.26. The first-order valence-corrected chi connectivity index (χ1v) is 8.74. The Morgan fingerprint density at radius 2 is 2.00 bits per heavy atom. The summed E-state index contributed by atoms with van der Waals surface area (Å²) >= 11 is 7.34. The standard InChI is InChI=1S/C13H16ClN3O2S2/c1-17(2)21(18,19)10-4-5-11(15)12(7-10)16-8-9-3-6-13(14)20-9/h3-7,16H,8,15H2,1-2H3. The van der Waals surface area contributed by atoms with E-state index >= 15 is 0 Å². The molecule has 0 saturated heterocycles. The second-order valence-electron chi connectivity index (χ2n) is 4.60. The van der Waals surface area contributed by atoms with E-state index in [1.54, 1.807) is 12.1 Å². The highest BCUT2D eigenvalue weighted by atomic mass is 35.5. The third kappa shape index (κ3) is 3.68. The molecule has 0 unspecified atom stereocenters. The summed E-state index contributed by atoms with van der Waals surface area (Å²) < 4.78 is 26.1. The van der Waals surface area contributed by atoms with E-state index in [1.807, 2.05) is 12.1 Å². The van der Waals surface area contributed by atoms with Crippen LogP contribution in [0.5, 0.6) is 0 Å². The lowest BCUT2D eigenvalue weighted by molar-refractivity contribution is 0.521. The van der Waals surface area contributed by atoms with Crippen LogP contribution < -0.4 is 11.1 Å². The summed E-state index contributed by atoms with van der Waals surface area (Å²) in [7, 11) is -0.491. The minimum Gasteiger partial charge on any atom is -0.397 e. The molecule has 21 heavy (non-hydrogen) atoms. The monoisotopic (exact) mass is 345 g/mol. The van der Waals surface area contributed by atoms with Gasteiger partial charge in [-0.3, -0.25) is 0 Å². The van der Waals surface area contributed by atoms with Crippen molar-refractivity contribution in [3.63, 3.8) is 0 Å². The van der Waals surface area contributed by atoms with Crippen LogP contribution in [0.3, 0.4) is 0 Å². The van der Waals surface area contributed by atoms with Crippen LogP contribution in [0.2, 0.25) is 4.34 Å². The van der Waals surface area contributed by atoms with Gasteiger partial charge in [0.15, 0.2) is 0 Å². The number of nitrogens with zero attached hydrogens (tertiary/aromatic N) is 1. The second-order valence-corrected chi connectivity index (χ2v) is 8.55. The van der Waals surface area contributed by atoms with E-state index in [2.05, 4.69) is 5.32 Å². The molecule has 0 aliphatic heterocycles. The molecule has 0 radical (unpaired) electrons. The van der Waals surface area contributed by atoms with Crippen molar-refractivity contribution in [3.8, 4) is 0 Å². The van der Waals surface area contributed by atoms with Gasteiger partial charge >= 0.3 is 0 Å². The van der Waals surface area contributed by atoms with E-state index in [-0.39, 0.29) is 4.90 Å². The van der Waals surface area contributed by atoms with Gasteiger partial charge in [0.05, 0.1) is 20.6 Å². The van der Waals surface area contributed by atoms with Crippen LogP contribution in [0.1, 0.15) is 4.88 Å². The summed E-state index contributed by atoms with van der Waals surface area (Å²) in [4.78, 5) is 1.24. The van der Waals surface area contributed by atoms with Gasteiger partial charge in [-0.2, -0.15) is 0 Å². The fourth-order valence-corrected chi connectivity index (χ4v) is 3.64. The van der Waals surface area contributed by atoms with Crippen molar-refractivity contribution in [2.24, 2.45) is 0 Å². The van der Waals surface area contributed by atoms with E-state index in [0.29, 0.717) is 22.3 Å². The van der Waals surface area contributed by atoms with Crippen molar-refractivity contribution in [1.29, 1.82) is 0 Å². The van der Waals surface area contributed by atoms with Crippen molar-refractivity contribution in [2.75, 3.05) is 25.1 Å². The molecule has 2 rings (SSSR count). The lowest BCUT2D eigenvalue weighted by Crippen LogP contribution is -2.22. The Labute approximate surface area is 133 Å². The number of nitrogens with one attached hydrogen (secondary N) is 1. The largest absolute Gasteiger partial charge is 0.397 e. The van der Waals surface area contributed by atoms with Crippen molar-refractivity contribution >= 4 is 44.3 Å². The van der Waals surface area contributed by atoms with E-state index in [9.17, 15) is 8.42 Å². The molecular weight excluding hydrogens is 330 g/mol. The molecule has 0 aliphatic rings. The van der Waals surface area contributed by atoms with Gasteiger partial charge in [0, 0.05) is 25.5 Å². The lowest BCUT2D eigenvalue weighted by Gasteiger charge is -2.14. The first-order chi connectivity index (χ1) is 9.80. The highest BCUT2D eigenvalue weighted by Gasteiger charge is 2.18. The summed E-state index contributed by atoms with van der Waals surface area (Å²) in [6.45, 7) is 0.535. The van der Waals surface area contributed by atoms with Crippen molar-refractivity contribution < 1.29 is 8.42 Å². The number of anilines is 2. The molecule has 1 aromatic carbocycles. The zero-order valence-corrected chi connectivity index (χ0v) is 14.0. The van der Waals surface area contributed by atoms with Gasteiger partial charge < -0.3 is 11.1 Å². The minimum absolute atomic E-state index is 0.202. The zero-order chi connectivity index (χ0) is 15.6. The Morgan fingerprint density at radius 3 is 2.57 bits per heavy atom. The summed E-state index contributed by atoms with van der Waals surface area (Å²) in [5, 5.41) is 3.14. The van der Waals surface area contributed by atoms with E-state index in [1.165, 1.54) is 35.8 Å². The van der Waals surface area contributed by atoms with Crippen LogP contribution >= 0.6 is 22.9 Å². The second kappa shape index (κ2) is 6.23. The highest BCUT2D eigenvalue weighted by molar-refractivity contribution is 7.89. The van der Waals surface area contributed by atoms with Crippen LogP contribution in [0.15, 0.2) is 35.2 Å². The molecule has 0 amide bonds. The quantitative estimate of drug-likeness (QED) is 0.817. The molecule has 0 saturated carbocycles. The normalized spacial score (nSPS) is 11.8. The van der Waals surface area contributed by atoms with Gasteiger partial charge in [0.2, 0.25) is 10.0 Å². The number of hydrogen-bond acceptors (Lipinski definition) is 5. The van der Waals surface area contributed by atoms with Crippen LogP contribution in [0.25, 0.3) is 0 Å². The predicted octanol–water partition coefficient (Wildman–Crippen LogP) is 2.85. The minimum atomic E-state index is -3.48. The molecule has 3 N–H and O–H groups in total. The van der Waals surface area contributed by atoms with Gasteiger partial charge in [-0.15, -0.1) is 11.3 Å². The third-order valence-electron chi connectivity index (χ3n) is 2.89. The van der Waals surface area contributed by atoms with E-state index in [4.69, 9.17) is 17.3 Å². The number of thiophene rings is 1. The van der Waals surface area contributed by atoms with Crippen LogP contribution in [-0.2, 0) is 16.6 Å². The number of rotatable bonds is 5. The summed E-state index contributed by atoms with van der Waals surface area (Å²) in [5.74, 6) is 0. The van der Waals surface area contributed by atoms with Crippen LogP contribution in [0.4, 0.5) is 11.4 Å². The molecule has 0 spiro atoms. The van der Waals surface area contributed by atoms with Crippen molar-refractivity contribution in [2.45, 2.75) is 11.4 Å². The molecular formula is C13H16ClN3O2S2. The molecule has 2 aromatic rings. The number of benzene rings is 1. The summed E-state index contributed by atoms with van der Waals surface area (Å²) in [5.41, 5.74) is 6.97. The Kier molecular flexibility index (Phi) is 4.77. The summed E-state index contributed by atoms with van der Waals surface area (Å²) in [6, 6.07) is 8.36. The van der Waals surface area contributed by atoms with Gasteiger partial charge in [-0.1, -0.05) is 11.6 Å². The third-order valence-corrected chi connectivity index (χ3v) is 5.93. The van der Waals surface area contributed by atoms with Gasteiger partial charge in [-0.05, 0) is 30.3 Å². The maximum atomic E-state index is 12.1. The summed E-state index contributed by atoms with van der Waals surface area (Å²) in [6.07, 6.45) is 0. The SMILES string of the molecule is CN(C)S(=O)(=O)c1ccc(N)c(NCc2ccc(Cl)s2)c1. The van der Waals surface area contributed by atoms with Gasteiger partial charge in [0.25, 0.3) is 0 Å². The van der Waals surface area contributed by atoms with Crippen molar-refractivity contribution in [1.82, 2.24) is 4.31 Å². The molecule has 0 atom stereocenters. The van der Waals surface area contributed by atoms with Crippen LogP contribution in [0, 0.1) is 0 Å². The Bertz CT molecular complexity index is 742. The first-order valence-electron chi connectivity index (χ1n) is 6.11. The van der Waals surface area contributed by atoms with E-state index in [0.717, 1.165) is 4.88 Å². The zero-order valence-electron chi connectivity index (χ0n) is 11.6. The number of hydrogen-bond donors (Lipinski definition) is 2. The topological polar surface area (TPSA) is 75.4 Å². The number of nitrogen functional groups attached to an aromatic ring is 1. The Hall–Kier alpha value is -1.28. The molecule has 0 bridgehead atoms. The molecule has 1 aromatic heterocycles. The maximum Gasteiger partial charge on any atom is 0.242 e. The predicted molar refractivity (Wildman–Crippen MR) is 88.4 cm³/mol. The average Bonchev–Trinajstić information content (AvgIpc) is 2.83. The number of nitrogens with two attached hydrogens (primary N) is 1. The van der Waals surface area contributed by atoms with Gasteiger partial charge in [0.1, 0.15) is 0 Å². The van der Waals surface area contributed by atoms with Crippen molar-refractivity contribution in [3.05, 3.63) is 39.5 Å². The number of halogens is 1. The molecule has 0 fully saturated rings. The molecule has 114 valence electrons. The number of sulfonamides is 1. The fraction of sp³-hybridized carbons (Fsp3) is 0.231. The lowest BCUT2D eigenvalue weighted by atomic mass is 10.2. The molecule has 5 nitrogen and oxygen atoms in total. The van der Waals surface area contributed by atoms with E-state index < -0.39 is 10.0 Å². The molecule has 0 aliphatic carbocycles. The maximum absolute atomic E-state index is 12.1. The van der Waals surface area contributed by atoms with Crippen LogP contribution in [-0.4, -0.2) is 26.8 Å². The first kappa shape index (κ1) is 16.1.